The molecule has 15 heavy (non-hydrogen) atoms. The lowest BCUT2D eigenvalue weighted by molar-refractivity contribution is 0.867. The number of benzene rings is 1. The molecule has 0 amide bonds. The molecule has 1 aliphatic rings. The normalized spacial score (nSPS) is 15.7. The lowest BCUT2D eigenvalue weighted by atomic mass is 10.3. The Bertz CT molecular complexity index is 409. The zero-order valence-electron chi connectivity index (χ0n) is 8.13. The number of hydrogen-bond acceptors (Lipinski definition) is 3. The Hall–Kier alpha value is -1.42. The molecule has 0 spiro atoms. The van der Waals surface area contributed by atoms with Crippen LogP contribution in [0.15, 0.2) is 52.4 Å². The predicted octanol–water partition coefficient (Wildman–Crippen LogP) is 2.11. The summed E-state index contributed by atoms with van der Waals surface area (Å²) in [4.78, 5) is 0. The van der Waals surface area contributed by atoms with Gasteiger partial charge in [0.05, 0.1) is 5.70 Å². The minimum Gasteiger partial charge on any atom is -0.396 e. The van der Waals surface area contributed by atoms with E-state index in [2.05, 4.69) is 26.6 Å². The van der Waals surface area contributed by atoms with E-state index in [0.29, 0.717) is 5.70 Å². The molecule has 0 bridgehead atoms. The average Bonchev–Trinajstić information content (AvgIpc) is 2.24. The van der Waals surface area contributed by atoms with Gasteiger partial charge in [0.2, 0.25) is 0 Å². The van der Waals surface area contributed by atoms with Gasteiger partial charge in [0.25, 0.3) is 0 Å². The number of nitrogens with two attached hydrogens (primary N) is 1. The van der Waals surface area contributed by atoms with Crippen LogP contribution in [-0.4, -0.2) is 6.54 Å². The molecular weight excluding hydrogens is 254 g/mol. The zero-order chi connectivity index (χ0) is 10.7. The maximum atomic E-state index is 5.87. The van der Waals surface area contributed by atoms with Gasteiger partial charge in [-0.2, -0.15) is 0 Å². The first-order valence-corrected chi connectivity index (χ1v) is 5.47. The van der Waals surface area contributed by atoms with Crippen molar-refractivity contribution in [2.24, 2.45) is 5.73 Å². The predicted molar refractivity (Wildman–Crippen MR) is 66.3 cm³/mol. The van der Waals surface area contributed by atoms with Crippen LogP contribution in [0.5, 0.6) is 0 Å². The van der Waals surface area contributed by atoms with Gasteiger partial charge in [0.15, 0.2) is 0 Å². The minimum atomic E-state index is 0.706. The van der Waals surface area contributed by atoms with Crippen molar-refractivity contribution in [3.63, 3.8) is 0 Å². The fourth-order valence-corrected chi connectivity index (χ4v) is 1.74. The highest BCUT2D eigenvalue weighted by Crippen LogP contribution is 2.15. The van der Waals surface area contributed by atoms with Crippen molar-refractivity contribution < 1.29 is 0 Å². The van der Waals surface area contributed by atoms with Crippen LogP contribution in [0.25, 0.3) is 0 Å². The summed E-state index contributed by atoms with van der Waals surface area (Å²) in [5.41, 5.74) is 7.59. The van der Waals surface area contributed by atoms with E-state index in [1.807, 2.05) is 36.4 Å². The monoisotopic (exact) mass is 265 g/mol. The Balaban J connectivity index is 2.16. The smallest absolute Gasteiger partial charge is 0.127 e. The van der Waals surface area contributed by atoms with Crippen molar-refractivity contribution in [2.75, 3.05) is 11.9 Å². The molecule has 0 radical (unpaired) electrons. The first kappa shape index (κ1) is 10.1. The van der Waals surface area contributed by atoms with E-state index in [0.717, 1.165) is 22.5 Å². The molecule has 0 aromatic heterocycles. The molecule has 1 aliphatic heterocycles. The highest BCUT2D eigenvalue weighted by molar-refractivity contribution is 9.11. The number of nitrogens with one attached hydrogen (secondary N) is 2. The maximum absolute atomic E-state index is 5.87. The van der Waals surface area contributed by atoms with Crippen molar-refractivity contribution in [3.05, 3.63) is 52.4 Å². The zero-order valence-corrected chi connectivity index (χ0v) is 9.71. The first-order valence-electron chi connectivity index (χ1n) is 4.67. The van der Waals surface area contributed by atoms with Crippen LogP contribution in [0.2, 0.25) is 0 Å². The Morgan fingerprint density at radius 2 is 2.00 bits per heavy atom. The standard InChI is InChI=1S/C11H12BrN3/c12-8-6-10(13)11(14-7-8)15-9-4-2-1-3-5-9/h1-6,14-15H,7,13H2. The van der Waals surface area contributed by atoms with Crippen molar-refractivity contribution in [1.82, 2.24) is 5.32 Å². The van der Waals surface area contributed by atoms with Crippen LogP contribution in [0.3, 0.4) is 0 Å². The fourth-order valence-electron chi connectivity index (χ4n) is 1.35. The lowest BCUT2D eigenvalue weighted by Crippen LogP contribution is -2.28. The van der Waals surface area contributed by atoms with Crippen LogP contribution in [-0.2, 0) is 0 Å². The second kappa shape index (κ2) is 4.40. The molecule has 1 aromatic rings. The van der Waals surface area contributed by atoms with Crippen LogP contribution in [0.1, 0.15) is 0 Å². The molecule has 1 heterocycles. The quantitative estimate of drug-likeness (QED) is 0.768. The topological polar surface area (TPSA) is 50.1 Å². The summed E-state index contributed by atoms with van der Waals surface area (Å²) in [6.45, 7) is 0.760. The van der Waals surface area contributed by atoms with Gasteiger partial charge in [-0.05, 0) is 18.2 Å². The molecule has 2 rings (SSSR count). The highest BCUT2D eigenvalue weighted by Gasteiger charge is 2.08. The molecule has 4 heteroatoms. The molecule has 0 unspecified atom stereocenters. The molecule has 4 N–H and O–H groups in total. The molecule has 0 atom stereocenters. The van der Waals surface area contributed by atoms with E-state index in [9.17, 15) is 0 Å². The van der Waals surface area contributed by atoms with Crippen molar-refractivity contribution in [2.45, 2.75) is 0 Å². The van der Waals surface area contributed by atoms with E-state index in [-0.39, 0.29) is 0 Å². The molecule has 3 nitrogen and oxygen atoms in total. The van der Waals surface area contributed by atoms with Gasteiger partial charge in [-0.15, -0.1) is 0 Å². The third kappa shape index (κ3) is 2.53. The molecule has 0 saturated carbocycles. The minimum absolute atomic E-state index is 0.706. The molecule has 0 aliphatic carbocycles. The number of anilines is 1. The summed E-state index contributed by atoms with van der Waals surface area (Å²) < 4.78 is 1.05. The van der Waals surface area contributed by atoms with Crippen LogP contribution >= 0.6 is 15.9 Å². The summed E-state index contributed by atoms with van der Waals surface area (Å²) in [6, 6.07) is 9.93. The summed E-state index contributed by atoms with van der Waals surface area (Å²) >= 11 is 3.40. The largest absolute Gasteiger partial charge is 0.396 e. The van der Waals surface area contributed by atoms with E-state index in [1.54, 1.807) is 0 Å². The number of halogens is 1. The van der Waals surface area contributed by atoms with Crippen molar-refractivity contribution in [1.29, 1.82) is 0 Å². The molecule has 1 aromatic carbocycles. The van der Waals surface area contributed by atoms with E-state index >= 15 is 0 Å². The summed E-state index contributed by atoms with van der Waals surface area (Å²) in [7, 11) is 0. The molecule has 0 fully saturated rings. The van der Waals surface area contributed by atoms with Crippen LogP contribution < -0.4 is 16.4 Å². The second-order valence-corrected chi connectivity index (χ2v) is 4.28. The Labute approximate surface area is 97.2 Å². The third-order valence-electron chi connectivity index (χ3n) is 2.08. The molecular formula is C11H12BrN3. The van der Waals surface area contributed by atoms with Gasteiger partial charge in [0, 0.05) is 16.7 Å². The number of rotatable bonds is 2. The Morgan fingerprint density at radius 3 is 2.67 bits per heavy atom. The Morgan fingerprint density at radius 1 is 1.27 bits per heavy atom. The van der Waals surface area contributed by atoms with E-state index in [4.69, 9.17) is 5.73 Å². The number of dihydropyridines is 1. The highest BCUT2D eigenvalue weighted by atomic mass is 79.9. The van der Waals surface area contributed by atoms with Crippen molar-refractivity contribution >= 4 is 21.6 Å². The van der Waals surface area contributed by atoms with Crippen LogP contribution in [0, 0.1) is 0 Å². The third-order valence-corrected chi connectivity index (χ3v) is 2.59. The first-order chi connectivity index (χ1) is 7.25. The summed E-state index contributed by atoms with van der Waals surface area (Å²) in [5.74, 6) is 0.851. The number of para-hydroxylation sites is 1. The lowest BCUT2D eigenvalue weighted by Gasteiger charge is -2.19. The van der Waals surface area contributed by atoms with E-state index < -0.39 is 0 Å². The maximum Gasteiger partial charge on any atom is 0.127 e. The van der Waals surface area contributed by atoms with Gasteiger partial charge in [-0.3, -0.25) is 0 Å². The van der Waals surface area contributed by atoms with Gasteiger partial charge in [-0.25, -0.2) is 0 Å². The van der Waals surface area contributed by atoms with Crippen LogP contribution in [0.4, 0.5) is 5.69 Å². The van der Waals surface area contributed by atoms with Gasteiger partial charge < -0.3 is 16.4 Å². The fraction of sp³-hybridized carbons (Fsp3) is 0.0909. The summed E-state index contributed by atoms with van der Waals surface area (Å²) in [5, 5.41) is 6.42. The average molecular weight is 266 g/mol. The SMILES string of the molecule is NC1=C(Nc2ccccc2)NCC(Br)=C1. The van der Waals surface area contributed by atoms with Gasteiger partial charge in [-0.1, -0.05) is 34.1 Å². The second-order valence-electron chi connectivity index (χ2n) is 3.27. The Kier molecular flexibility index (Phi) is 2.97. The number of allylic oxidation sites excluding steroid dienone is 1. The molecule has 0 saturated heterocycles. The number of hydrogen-bond donors (Lipinski definition) is 3. The van der Waals surface area contributed by atoms with Gasteiger partial charge >= 0.3 is 0 Å². The summed E-state index contributed by atoms with van der Waals surface area (Å²) in [6.07, 6.45) is 1.90. The van der Waals surface area contributed by atoms with E-state index in [1.165, 1.54) is 0 Å². The van der Waals surface area contributed by atoms with Crippen molar-refractivity contribution in [3.8, 4) is 0 Å². The molecule has 78 valence electrons. The van der Waals surface area contributed by atoms with Gasteiger partial charge in [0.1, 0.15) is 5.82 Å².